The molecule has 0 aromatic carbocycles. The van der Waals surface area contributed by atoms with E-state index >= 15 is 0 Å². The van der Waals surface area contributed by atoms with E-state index in [0.29, 0.717) is 0 Å². The van der Waals surface area contributed by atoms with Crippen molar-refractivity contribution in [2.24, 2.45) is 5.92 Å². The maximum atomic E-state index is 12.6. The molecule has 0 spiro atoms. The van der Waals surface area contributed by atoms with Gasteiger partial charge in [0.15, 0.2) is 0 Å². The largest absolute Gasteiger partial charge is 0.435 e. The van der Waals surface area contributed by atoms with Crippen LogP contribution in [0.4, 0.5) is 39.5 Å². The van der Waals surface area contributed by atoms with E-state index in [1.807, 2.05) is 0 Å². The van der Waals surface area contributed by atoms with Crippen LogP contribution in [0.1, 0.15) is 19.3 Å². The first-order valence-corrected chi connectivity index (χ1v) is 5.77. The van der Waals surface area contributed by atoms with Crippen LogP contribution in [-0.2, 0) is 4.74 Å². The zero-order valence-corrected chi connectivity index (χ0v) is 10.4. The highest BCUT2D eigenvalue weighted by Gasteiger charge is 2.86. The number of alkyl halides is 9. The molecule has 1 fully saturated rings. The summed E-state index contributed by atoms with van der Waals surface area (Å²) in [5.41, 5.74) is -6.19. The predicted octanol–water partition coefficient (Wildman–Crippen LogP) is 4.64. The lowest BCUT2D eigenvalue weighted by atomic mass is 10.0. The van der Waals surface area contributed by atoms with Gasteiger partial charge in [-0.3, -0.25) is 0 Å². The van der Waals surface area contributed by atoms with Crippen molar-refractivity contribution in [2.75, 3.05) is 0 Å². The molecule has 124 valence electrons. The van der Waals surface area contributed by atoms with Gasteiger partial charge >= 0.3 is 24.1 Å². The third-order valence-electron chi connectivity index (χ3n) is 3.23. The Morgan fingerprint density at radius 1 is 0.905 bits per heavy atom. The summed E-state index contributed by atoms with van der Waals surface area (Å²) < 4.78 is 117. The zero-order chi connectivity index (χ0) is 16.7. The molecule has 1 rings (SSSR count). The number of halogens is 9. The molecule has 0 aromatic rings. The fraction of sp³-hybridized carbons (Fsp3) is 0.818. The maximum absolute atomic E-state index is 12.6. The second-order valence-corrected chi connectivity index (χ2v) is 4.69. The van der Waals surface area contributed by atoms with Crippen LogP contribution in [0.5, 0.6) is 0 Å². The van der Waals surface area contributed by atoms with Gasteiger partial charge in [-0.2, -0.15) is 39.5 Å². The minimum atomic E-state index is -6.68. The van der Waals surface area contributed by atoms with Gasteiger partial charge in [-0.05, 0) is 25.2 Å². The van der Waals surface area contributed by atoms with Crippen molar-refractivity contribution < 1.29 is 44.3 Å². The van der Waals surface area contributed by atoms with Gasteiger partial charge in [-0.15, -0.1) is 0 Å². The molecule has 0 aromatic heterocycles. The van der Waals surface area contributed by atoms with Crippen LogP contribution < -0.4 is 0 Å². The lowest BCUT2D eigenvalue weighted by molar-refractivity contribution is -0.462. The summed E-state index contributed by atoms with van der Waals surface area (Å²) in [7, 11) is 0. The van der Waals surface area contributed by atoms with Crippen molar-refractivity contribution in [1.29, 1.82) is 0 Å². The minimum absolute atomic E-state index is 0.0534. The summed E-state index contributed by atoms with van der Waals surface area (Å²) in [5.74, 6) is -0.401. The predicted molar refractivity (Wildman–Crippen MR) is 52.8 cm³/mol. The van der Waals surface area contributed by atoms with Gasteiger partial charge < -0.3 is 4.74 Å². The van der Waals surface area contributed by atoms with Crippen molar-refractivity contribution >= 4 is 0 Å². The molecule has 21 heavy (non-hydrogen) atoms. The Hall–Kier alpha value is -0.670. The Balaban J connectivity index is 3.20. The van der Waals surface area contributed by atoms with Gasteiger partial charge in [0.05, 0.1) is 6.10 Å². The van der Waals surface area contributed by atoms with Crippen LogP contribution in [0.15, 0.2) is 0 Å². The van der Waals surface area contributed by atoms with Crippen molar-refractivity contribution in [3.8, 4) is 0 Å². The highest BCUT2D eigenvalue weighted by molar-refractivity contribution is 5.05. The first-order chi connectivity index (χ1) is 9.26. The molecule has 2 atom stereocenters. The molecule has 2 radical (unpaired) electrons. The molecule has 1 saturated carbocycles. The smallest absolute Gasteiger partial charge is 0.347 e. The van der Waals surface area contributed by atoms with Gasteiger partial charge in [-0.1, -0.05) is 13.3 Å². The van der Waals surface area contributed by atoms with Crippen molar-refractivity contribution in [3.63, 3.8) is 0 Å². The Morgan fingerprint density at radius 3 is 1.62 bits per heavy atom. The van der Waals surface area contributed by atoms with E-state index in [2.05, 4.69) is 11.7 Å². The Morgan fingerprint density at radius 2 is 1.33 bits per heavy atom. The average molecular weight is 330 g/mol. The zero-order valence-electron chi connectivity index (χ0n) is 10.4. The lowest BCUT2D eigenvalue weighted by Crippen LogP contribution is -2.68. The van der Waals surface area contributed by atoms with E-state index < -0.39 is 36.2 Å². The summed E-state index contributed by atoms with van der Waals surface area (Å²) in [6.07, 6.45) is -21.2. The molecule has 0 heterocycles. The quantitative estimate of drug-likeness (QED) is 0.685. The van der Waals surface area contributed by atoms with E-state index in [1.54, 1.807) is 0 Å². The molecule has 1 aliphatic carbocycles. The van der Waals surface area contributed by atoms with Gasteiger partial charge in [0.25, 0.3) is 0 Å². The monoisotopic (exact) mass is 330 g/mol. The summed E-state index contributed by atoms with van der Waals surface area (Å²) in [6.45, 7) is 3.40. The summed E-state index contributed by atoms with van der Waals surface area (Å²) in [6, 6.07) is 0. The fourth-order valence-corrected chi connectivity index (χ4v) is 2.11. The molecule has 10 heteroatoms. The van der Waals surface area contributed by atoms with Crippen LogP contribution in [-0.4, -0.2) is 30.2 Å². The van der Waals surface area contributed by atoms with Crippen molar-refractivity contribution in [2.45, 2.75) is 49.5 Å². The summed E-state index contributed by atoms with van der Waals surface area (Å²) in [4.78, 5) is 0. The summed E-state index contributed by atoms with van der Waals surface area (Å²) in [5, 5.41) is 0. The van der Waals surface area contributed by atoms with Crippen LogP contribution in [0.25, 0.3) is 0 Å². The molecule has 0 amide bonds. The fourth-order valence-electron chi connectivity index (χ4n) is 2.11. The normalized spacial score (nSPS) is 25.4. The van der Waals surface area contributed by atoms with Crippen LogP contribution >= 0.6 is 0 Å². The number of hydrogen-bond donors (Lipinski definition) is 0. The van der Waals surface area contributed by atoms with E-state index in [1.165, 1.54) is 0 Å². The van der Waals surface area contributed by atoms with Gasteiger partial charge in [0.2, 0.25) is 0 Å². The van der Waals surface area contributed by atoms with Crippen molar-refractivity contribution in [3.05, 3.63) is 13.3 Å². The van der Waals surface area contributed by atoms with E-state index in [4.69, 9.17) is 0 Å². The highest BCUT2D eigenvalue weighted by Crippen LogP contribution is 2.56. The SMILES string of the molecule is [CH2]CC1C[CH]C(OC(C(F)(F)F)(C(F)(F)F)C(F)(F)F)C1. The third-order valence-corrected chi connectivity index (χ3v) is 3.23. The third kappa shape index (κ3) is 3.24. The Labute approximate surface area is 114 Å². The van der Waals surface area contributed by atoms with Gasteiger partial charge in [0, 0.05) is 0 Å². The number of ether oxygens (including phenoxy) is 1. The molecule has 0 saturated heterocycles. The Bertz CT molecular complexity index is 318. The molecule has 0 aliphatic heterocycles. The minimum Gasteiger partial charge on any atom is -0.347 e. The number of hydrogen-bond acceptors (Lipinski definition) is 1. The van der Waals surface area contributed by atoms with Crippen molar-refractivity contribution in [1.82, 2.24) is 0 Å². The molecule has 0 bridgehead atoms. The maximum Gasteiger partial charge on any atom is 0.435 e. The van der Waals surface area contributed by atoms with Crippen LogP contribution in [0, 0.1) is 19.3 Å². The first kappa shape index (κ1) is 18.4. The van der Waals surface area contributed by atoms with E-state index in [-0.39, 0.29) is 19.3 Å². The second-order valence-electron chi connectivity index (χ2n) is 4.69. The van der Waals surface area contributed by atoms with E-state index in [0.717, 1.165) is 6.42 Å². The van der Waals surface area contributed by atoms with E-state index in [9.17, 15) is 39.5 Å². The topological polar surface area (TPSA) is 9.23 Å². The standard InChI is InChI=1S/C11H11F9O/c1-2-6-3-4-7(5-6)21-8(9(12,13)14,10(15,16)17)11(18,19)20/h4,6-7H,1-3,5H2. The molecular formula is C11H11F9O. The molecule has 1 nitrogen and oxygen atoms in total. The highest BCUT2D eigenvalue weighted by atomic mass is 19.4. The molecule has 2 unspecified atom stereocenters. The second kappa shape index (κ2) is 5.51. The first-order valence-electron chi connectivity index (χ1n) is 5.77. The lowest BCUT2D eigenvalue weighted by Gasteiger charge is -2.39. The molecular weight excluding hydrogens is 319 g/mol. The molecule has 0 N–H and O–H groups in total. The summed E-state index contributed by atoms with van der Waals surface area (Å²) >= 11 is 0. The average Bonchev–Trinajstić information content (AvgIpc) is 2.67. The Kier molecular flexibility index (Phi) is 4.82. The van der Waals surface area contributed by atoms with Crippen LogP contribution in [0.2, 0.25) is 0 Å². The van der Waals surface area contributed by atoms with Gasteiger partial charge in [0.1, 0.15) is 0 Å². The van der Waals surface area contributed by atoms with Crippen LogP contribution in [0.3, 0.4) is 0 Å². The number of rotatable bonds is 3. The van der Waals surface area contributed by atoms with Gasteiger partial charge in [-0.25, -0.2) is 0 Å². The molecule has 1 aliphatic rings.